The number of para-hydroxylation sites is 2. The van der Waals surface area contributed by atoms with Crippen molar-refractivity contribution in [1.29, 1.82) is 0 Å². The van der Waals surface area contributed by atoms with Crippen LogP contribution in [0.5, 0.6) is 0 Å². The summed E-state index contributed by atoms with van der Waals surface area (Å²) in [5.41, 5.74) is 22.5. The summed E-state index contributed by atoms with van der Waals surface area (Å²) in [7, 11) is 0. The fourth-order valence-corrected chi connectivity index (χ4v) is 12.1. The van der Waals surface area contributed by atoms with Crippen LogP contribution in [-0.4, -0.2) is 6.71 Å². The van der Waals surface area contributed by atoms with Crippen LogP contribution >= 0.6 is 0 Å². The predicted octanol–water partition coefficient (Wildman–Crippen LogP) is 19.3. The average molecular weight is 1040 g/mol. The van der Waals surface area contributed by atoms with E-state index >= 15 is 0 Å². The number of nitrogens with zero attached hydrogens (tertiary/aromatic N) is 3. The van der Waals surface area contributed by atoms with Gasteiger partial charge in [0.1, 0.15) is 22.7 Å². The molecule has 0 saturated carbocycles. The maximum atomic E-state index is 6.69. The van der Waals surface area contributed by atoms with Crippen molar-refractivity contribution in [2.24, 2.45) is 0 Å². The Bertz CT molecular complexity index is 4030. The molecule has 0 aliphatic carbocycles. The summed E-state index contributed by atoms with van der Waals surface area (Å²) in [5.74, 6) is 1.69. The lowest BCUT2D eigenvalue weighted by atomic mass is 9.33. The van der Waals surface area contributed by atoms with Crippen molar-refractivity contribution < 1.29 is 8.83 Å². The fourth-order valence-electron chi connectivity index (χ4n) is 12.1. The number of fused-ring (bicyclic) bond motifs is 6. The van der Waals surface area contributed by atoms with Crippen LogP contribution in [-0.2, 0) is 21.7 Å². The van der Waals surface area contributed by atoms with E-state index < -0.39 is 0 Å². The highest BCUT2D eigenvalue weighted by Gasteiger charge is 2.45. The molecule has 0 unspecified atom stereocenters. The third-order valence-corrected chi connectivity index (χ3v) is 16.7. The normalized spacial score (nSPS) is 13.4. The molecular formula is C74H70BN3O2. The van der Waals surface area contributed by atoms with E-state index in [0.717, 1.165) is 90.1 Å². The highest BCUT2D eigenvalue weighted by molar-refractivity contribution is 7.00. The molecule has 2 aliphatic heterocycles. The van der Waals surface area contributed by atoms with Crippen molar-refractivity contribution in [1.82, 2.24) is 0 Å². The molecule has 80 heavy (non-hydrogen) atoms. The standard InChI is InChI=1S/C74H70BN3O2/c1-71(2,3)51-24-33-55(34-25-51)76(56-35-26-52(27-36-56)72(4,5)6)59-45-64-70-65(46-59)78(58-37-28-53(29-38-58)73(7,8)9)63-40-30-54(74(10,11)12)44-61(63)75(70)60-41-50(69-43-49-18-14-16-20-67(49)80-69)23-39-62(60)77(64)57-31-21-47(22-32-57)68-42-48-17-13-15-19-66(48)79-68/h13-46H,1-12H3. The Hall–Kier alpha value is -8.48. The average Bonchev–Trinajstić information content (AvgIpc) is 4.20. The molecule has 0 saturated heterocycles. The van der Waals surface area contributed by atoms with E-state index in [1.165, 1.54) is 44.3 Å². The van der Waals surface area contributed by atoms with E-state index in [1.807, 2.05) is 18.2 Å². The monoisotopic (exact) mass is 1040 g/mol. The summed E-state index contributed by atoms with van der Waals surface area (Å²) >= 11 is 0. The van der Waals surface area contributed by atoms with Crippen molar-refractivity contribution in [3.05, 3.63) is 229 Å². The molecule has 11 aromatic rings. The lowest BCUT2D eigenvalue weighted by Crippen LogP contribution is -2.61. The zero-order chi connectivity index (χ0) is 55.6. The molecule has 5 nitrogen and oxygen atoms in total. The molecule has 13 rings (SSSR count). The number of anilines is 9. The maximum absolute atomic E-state index is 6.69. The Morgan fingerprint density at radius 3 is 1.19 bits per heavy atom. The number of hydrogen-bond acceptors (Lipinski definition) is 5. The summed E-state index contributed by atoms with van der Waals surface area (Å²) < 4.78 is 13.2. The van der Waals surface area contributed by atoms with Gasteiger partial charge in [0.15, 0.2) is 0 Å². The first-order valence-corrected chi connectivity index (χ1v) is 28.4. The lowest BCUT2D eigenvalue weighted by molar-refractivity contribution is 0.590. The quantitative estimate of drug-likeness (QED) is 0.149. The van der Waals surface area contributed by atoms with E-state index in [1.54, 1.807) is 0 Å². The van der Waals surface area contributed by atoms with Crippen LogP contribution in [0.1, 0.15) is 105 Å². The summed E-state index contributed by atoms with van der Waals surface area (Å²) in [5, 5.41) is 2.17. The summed E-state index contributed by atoms with van der Waals surface area (Å²) in [4.78, 5) is 7.53. The van der Waals surface area contributed by atoms with Gasteiger partial charge in [0.2, 0.25) is 0 Å². The first-order valence-electron chi connectivity index (χ1n) is 28.4. The topological polar surface area (TPSA) is 36.0 Å². The zero-order valence-corrected chi connectivity index (χ0v) is 48.4. The van der Waals surface area contributed by atoms with Gasteiger partial charge in [-0.05, 0) is 176 Å². The van der Waals surface area contributed by atoms with Crippen LogP contribution in [0.4, 0.5) is 51.2 Å². The third-order valence-electron chi connectivity index (χ3n) is 16.7. The van der Waals surface area contributed by atoms with Gasteiger partial charge in [-0.25, -0.2) is 0 Å². The number of benzene rings is 9. The smallest absolute Gasteiger partial charge is 0.252 e. The number of hydrogen-bond donors (Lipinski definition) is 0. The first kappa shape index (κ1) is 51.0. The molecule has 0 fully saturated rings. The second kappa shape index (κ2) is 18.6. The molecule has 2 aliphatic rings. The van der Waals surface area contributed by atoms with E-state index in [-0.39, 0.29) is 28.4 Å². The van der Waals surface area contributed by atoms with E-state index in [0.29, 0.717) is 0 Å². The molecule has 0 amide bonds. The van der Waals surface area contributed by atoms with Gasteiger partial charge in [0, 0.05) is 67.4 Å². The highest BCUT2D eigenvalue weighted by Crippen LogP contribution is 2.50. The van der Waals surface area contributed by atoms with Gasteiger partial charge in [0.05, 0.1) is 5.69 Å². The van der Waals surface area contributed by atoms with Crippen LogP contribution in [0.25, 0.3) is 44.6 Å². The molecular weight excluding hydrogens is 974 g/mol. The fraction of sp³-hybridized carbons (Fsp3) is 0.216. The van der Waals surface area contributed by atoms with Crippen LogP contribution in [0.3, 0.4) is 0 Å². The van der Waals surface area contributed by atoms with Crippen molar-refractivity contribution in [2.75, 3.05) is 14.7 Å². The van der Waals surface area contributed by atoms with E-state index in [2.05, 4.69) is 286 Å². The van der Waals surface area contributed by atoms with Gasteiger partial charge in [-0.3, -0.25) is 0 Å². The predicted molar refractivity (Wildman–Crippen MR) is 340 cm³/mol. The Labute approximate surface area is 473 Å². The molecule has 396 valence electrons. The maximum Gasteiger partial charge on any atom is 0.252 e. The minimum atomic E-state index is -0.146. The van der Waals surface area contributed by atoms with Crippen molar-refractivity contribution in [2.45, 2.75) is 105 Å². The molecule has 2 aromatic heterocycles. The summed E-state index contributed by atoms with van der Waals surface area (Å²) in [6.45, 7) is 27.4. The number of rotatable bonds is 7. The molecule has 6 heteroatoms. The second-order valence-electron chi connectivity index (χ2n) is 26.4. The Kier molecular flexibility index (Phi) is 11.8. The van der Waals surface area contributed by atoms with Gasteiger partial charge in [-0.2, -0.15) is 0 Å². The summed E-state index contributed by atoms with van der Waals surface area (Å²) in [6.07, 6.45) is 0. The van der Waals surface area contributed by atoms with Crippen molar-refractivity contribution in [3.8, 4) is 22.6 Å². The first-order chi connectivity index (χ1) is 38.2. The van der Waals surface area contributed by atoms with Gasteiger partial charge in [-0.15, -0.1) is 0 Å². The molecule has 4 heterocycles. The zero-order valence-electron chi connectivity index (χ0n) is 48.4. The molecule has 9 aromatic carbocycles. The van der Waals surface area contributed by atoms with Crippen LogP contribution in [0, 0.1) is 0 Å². The SMILES string of the molecule is CC(C)(C)c1ccc(N(c2ccc(C(C)(C)C)cc2)c2cc3c4c(c2)N(c2ccc(C(C)(C)C)cc2)c2ccc(C(C)(C)C)cc2B4c2cc(-c4cc5ccccc5o4)ccc2N3c2ccc(-c3cc4ccccc4o3)cc2)cc1. The largest absolute Gasteiger partial charge is 0.456 e. The highest BCUT2D eigenvalue weighted by atomic mass is 16.3. The van der Waals surface area contributed by atoms with Crippen LogP contribution in [0.2, 0.25) is 0 Å². The lowest BCUT2D eigenvalue weighted by Gasteiger charge is -2.45. The van der Waals surface area contributed by atoms with Crippen LogP contribution < -0.4 is 31.1 Å². The molecule has 0 atom stereocenters. The van der Waals surface area contributed by atoms with E-state index in [9.17, 15) is 0 Å². The van der Waals surface area contributed by atoms with Gasteiger partial charge in [-0.1, -0.05) is 174 Å². The molecule has 0 N–H and O–H groups in total. The minimum absolute atomic E-state index is 0.00979. The van der Waals surface area contributed by atoms with E-state index in [4.69, 9.17) is 8.83 Å². The van der Waals surface area contributed by atoms with Gasteiger partial charge >= 0.3 is 0 Å². The van der Waals surface area contributed by atoms with Crippen LogP contribution in [0.15, 0.2) is 215 Å². The molecule has 0 spiro atoms. The third kappa shape index (κ3) is 8.90. The number of furan rings is 2. The van der Waals surface area contributed by atoms with Gasteiger partial charge < -0.3 is 23.5 Å². The Morgan fingerprint density at radius 2 is 0.725 bits per heavy atom. The molecule has 0 radical (unpaired) electrons. The van der Waals surface area contributed by atoms with Gasteiger partial charge in [0.25, 0.3) is 6.71 Å². The van der Waals surface area contributed by atoms with Crippen molar-refractivity contribution in [3.63, 3.8) is 0 Å². The minimum Gasteiger partial charge on any atom is -0.456 e. The second-order valence-corrected chi connectivity index (χ2v) is 26.4. The Balaban J connectivity index is 1.12. The Morgan fingerprint density at radius 1 is 0.338 bits per heavy atom. The summed E-state index contributed by atoms with van der Waals surface area (Å²) in [6, 6.07) is 76.8. The van der Waals surface area contributed by atoms with Crippen molar-refractivity contribution >= 4 is 96.2 Å². The molecule has 0 bridgehead atoms.